The van der Waals surface area contributed by atoms with Crippen LogP contribution in [0.1, 0.15) is 99.0 Å². The second kappa shape index (κ2) is 27.0. The second-order valence-electron chi connectivity index (χ2n) is 19.5. The van der Waals surface area contributed by atoms with Gasteiger partial charge in [0.15, 0.2) is 11.4 Å². The number of amides is 4. The van der Waals surface area contributed by atoms with Crippen molar-refractivity contribution in [3.05, 3.63) is 35.9 Å². The number of aliphatic hydroxyl groups excluding tert-OH is 3. The van der Waals surface area contributed by atoms with Crippen LogP contribution in [0.5, 0.6) is 0 Å². The van der Waals surface area contributed by atoms with Crippen molar-refractivity contribution in [1.29, 1.82) is 0 Å². The van der Waals surface area contributed by atoms with E-state index in [4.69, 9.17) is 9.47 Å². The highest BCUT2D eigenvalue weighted by Gasteiger charge is 2.57. The Labute approximate surface area is 432 Å². The molecule has 13 unspecified atom stereocenters. The number of hydroxylamine groups is 2. The van der Waals surface area contributed by atoms with Gasteiger partial charge in [0.05, 0.1) is 29.3 Å². The fraction of sp³-hybridized carbons (Fsp3) is 0.761. The van der Waals surface area contributed by atoms with E-state index in [0.29, 0.717) is 47.6 Å². The van der Waals surface area contributed by atoms with Crippen LogP contribution in [0.4, 0.5) is 0 Å². The molecule has 3 fully saturated rings. The summed E-state index contributed by atoms with van der Waals surface area (Å²) in [5.41, 5.74) is 4.25. The SMILES string of the molecule is CC(C)CC1CCC(O)(C(C)(O)C(O)NC(C(=O)N2NCCCC2C(=O)N(O)C(C)C(O)N(CI)C(Cc2ccccc2)C(=O)N2NCCCC2C(=O)NC(C)CO)C(OC=O)C(C)C)OC1CI. The Morgan fingerprint density at radius 1 is 0.986 bits per heavy atom. The van der Waals surface area contributed by atoms with Crippen LogP contribution in [-0.2, 0) is 39.9 Å². The first-order valence-corrected chi connectivity index (χ1v) is 27.0. The van der Waals surface area contributed by atoms with Crippen molar-refractivity contribution in [1.82, 2.24) is 41.5 Å². The van der Waals surface area contributed by atoms with E-state index in [1.165, 1.54) is 23.8 Å². The van der Waals surface area contributed by atoms with Gasteiger partial charge in [-0.05, 0) is 89.0 Å². The maximum Gasteiger partial charge on any atom is 0.293 e. The summed E-state index contributed by atoms with van der Waals surface area (Å²) in [7, 11) is 0. The quantitative estimate of drug-likeness (QED) is 0.0131. The topological polar surface area (TPSA) is 286 Å². The molecule has 0 radical (unpaired) electrons. The van der Waals surface area contributed by atoms with E-state index >= 15 is 0 Å². The van der Waals surface area contributed by atoms with Crippen LogP contribution in [0, 0.1) is 17.8 Å². The van der Waals surface area contributed by atoms with Gasteiger partial charge in [0, 0.05) is 30.0 Å². The van der Waals surface area contributed by atoms with Gasteiger partial charge in [0.25, 0.3) is 24.2 Å². The molecular formula is C46H76I2N8O13. The van der Waals surface area contributed by atoms with Crippen molar-refractivity contribution in [2.75, 3.05) is 28.7 Å². The van der Waals surface area contributed by atoms with Crippen molar-refractivity contribution < 1.29 is 64.2 Å². The summed E-state index contributed by atoms with van der Waals surface area (Å²) in [5, 5.41) is 76.9. The fourth-order valence-corrected chi connectivity index (χ4v) is 11.1. The van der Waals surface area contributed by atoms with Crippen molar-refractivity contribution >= 4 is 75.3 Å². The van der Waals surface area contributed by atoms with Gasteiger partial charge in [-0.3, -0.25) is 49.4 Å². The normalized spacial score (nSPS) is 26.3. The Morgan fingerprint density at radius 2 is 1.59 bits per heavy atom. The molecule has 1 aromatic rings. The van der Waals surface area contributed by atoms with E-state index in [2.05, 4.69) is 57.9 Å². The third-order valence-corrected chi connectivity index (χ3v) is 15.1. The molecule has 3 heterocycles. The molecule has 3 aliphatic rings. The highest BCUT2D eigenvalue weighted by molar-refractivity contribution is 14.1. The lowest BCUT2D eigenvalue weighted by Gasteiger charge is -2.50. The highest BCUT2D eigenvalue weighted by Crippen LogP contribution is 2.42. The number of benzene rings is 1. The van der Waals surface area contributed by atoms with Gasteiger partial charge >= 0.3 is 0 Å². The van der Waals surface area contributed by atoms with Crippen LogP contribution in [-0.4, -0.2) is 182 Å². The molecule has 69 heavy (non-hydrogen) atoms. The molecule has 3 aliphatic heterocycles. The zero-order valence-electron chi connectivity index (χ0n) is 40.7. The molecule has 0 saturated carbocycles. The lowest BCUT2D eigenvalue weighted by atomic mass is 9.79. The Balaban J connectivity index is 1.62. The van der Waals surface area contributed by atoms with E-state index < -0.39 is 102 Å². The number of rotatable bonds is 24. The van der Waals surface area contributed by atoms with Gasteiger partial charge in [-0.25, -0.2) is 15.9 Å². The summed E-state index contributed by atoms with van der Waals surface area (Å²) in [6, 6.07) is 1.89. The van der Waals surface area contributed by atoms with E-state index in [0.717, 1.165) is 17.0 Å². The van der Waals surface area contributed by atoms with Gasteiger partial charge in [-0.15, -0.1) is 0 Å². The molecule has 21 nitrogen and oxygen atoms in total. The van der Waals surface area contributed by atoms with Crippen LogP contribution >= 0.6 is 45.2 Å². The first-order valence-electron chi connectivity index (χ1n) is 23.9. The monoisotopic (exact) mass is 1200 g/mol. The molecular weight excluding hydrogens is 1130 g/mol. The highest BCUT2D eigenvalue weighted by atomic mass is 127. The molecule has 3 saturated heterocycles. The number of alkyl halides is 2. The third-order valence-electron chi connectivity index (χ3n) is 13.5. The van der Waals surface area contributed by atoms with Crippen molar-refractivity contribution in [3.63, 3.8) is 0 Å². The Bertz CT molecular complexity index is 1830. The number of aliphatic hydroxyl groups is 5. The number of hydrogen-bond donors (Lipinski definition) is 10. The molecule has 13 atom stereocenters. The summed E-state index contributed by atoms with van der Waals surface area (Å²) in [6.07, 6.45) is -2.85. The first kappa shape index (κ1) is 59.2. The Hall–Kier alpha value is -2.41. The average Bonchev–Trinajstić information content (AvgIpc) is 3.34. The molecule has 10 N–H and O–H groups in total. The number of ether oxygens (including phenoxy) is 2. The number of halogens is 2. The molecule has 0 bridgehead atoms. The van der Waals surface area contributed by atoms with Crippen LogP contribution in [0.3, 0.4) is 0 Å². The maximum atomic E-state index is 14.8. The van der Waals surface area contributed by atoms with Crippen molar-refractivity contribution in [2.24, 2.45) is 17.8 Å². The number of nitrogens with zero attached hydrogens (tertiary/aromatic N) is 4. The molecule has 4 amide bonds. The van der Waals surface area contributed by atoms with Crippen LogP contribution in [0.25, 0.3) is 0 Å². The fourth-order valence-electron chi connectivity index (χ4n) is 9.30. The number of nitrogens with one attached hydrogen (secondary N) is 4. The Kier molecular flexibility index (Phi) is 23.2. The van der Waals surface area contributed by atoms with E-state index in [1.54, 1.807) is 32.9 Å². The molecule has 1 aromatic carbocycles. The standard InChI is InChI=1S/C46H76I2N8O13/c1-27(2)21-32-17-18-46(66,69-36(32)23-47)45(7,65)44(64)52-37(38(28(3)4)68-26-58)43(63)55-34(16-12-20-50-55)42(62)56(67)30(6)40(60)53(25-48)35(22-31-13-9-8-10-14-31)41(61)54-33(15-11-19-49-54)39(59)51-29(5)24-57/h8-10,13-14,26-30,32-38,40,44,49-50,52,57,60,64-67H,11-12,15-25H2,1-7H3,(H,51,59). The van der Waals surface area contributed by atoms with E-state index in [-0.39, 0.29) is 49.4 Å². The van der Waals surface area contributed by atoms with Crippen molar-refractivity contribution in [2.45, 2.75) is 172 Å². The largest absolute Gasteiger partial charge is 0.462 e. The number of carbonyl (C=O) groups is 5. The third kappa shape index (κ3) is 14.6. The summed E-state index contributed by atoms with van der Waals surface area (Å²) >= 11 is 4.13. The Morgan fingerprint density at radius 3 is 2.14 bits per heavy atom. The molecule has 4 rings (SSSR count). The molecule has 0 spiro atoms. The van der Waals surface area contributed by atoms with E-state index in [1.807, 2.05) is 40.8 Å². The number of carbonyl (C=O) groups excluding carboxylic acids is 5. The minimum absolute atomic E-state index is 0.0145. The summed E-state index contributed by atoms with van der Waals surface area (Å²) in [4.78, 5) is 70.7. The minimum atomic E-state index is -2.43. The zero-order chi connectivity index (χ0) is 51.4. The summed E-state index contributed by atoms with van der Waals surface area (Å²) in [5.74, 6) is -5.34. The molecule has 0 aliphatic carbocycles. The summed E-state index contributed by atoms with van der Waals surface area (Å²) in [6.45, 7) is 12.1. The lowest BCUT2D eigenvalue weighted by Crippen LogP contribution is -2.71. The molecule has 392 valence electrons. The molecule has 0 aromatic heterocycles. The van der Waals surface area contributed by atoms with E-state index in [9.17, 15) is 54.7 Å². The van der Waals surface area contributed by atoms with Crippen LogP contribution in [0.15, 0.2) is 30.3 Å². The predicted molar refractivity (Wildman–Crippen MR) is 269 cm³/mol. The zero-order valence-corrected chi connectivity index (χ0v) is 45.1. The lowest BCUT2D eigenvalue weighted by molar-refractivity contribution is -0.354. The number of hydrazine groups is 2. The van der Waals surface area contributed by atoms with Gasteiger partial charge < -0.3 is 40.3 Å². The average molecular weight is 1200 g/mol. The smallest absolute Gasteiger partial charge is 0.293 e. The second-order valence-corrected chi connectivity index (χ2v) is 21.0. The van der Waals surface area contributed by atoms with Crippen LogP contribution < -0.4 is 21.5 Å². The summed E-state index contributed by atoms with van der Waals surface area (Å²) < 4.78 is 12.1. The van der Waals surface area contributed by atoms with Gasteiger partial charge in [0.1, 0.15) is 36.7 Å². The number of hydrogen-bond acceptors (Lipinski definition) is 17. The van der Waals surface area contributed by atoms with Crippen LogP contribution in [0.2, 0.25) is 0 Å². The van der Waals surface area contributed by atoms with Crippen molar-refractivity contribution in [3.8, 4) is 0 Å². The minimum Gasteiger partial charge on any atom is -0.462 e. The predicted octanol–water partition coefficient (Wildman–Crippen LogP) is 0.895. The van der Waals surface area contributed by atoms with Gasteiger partial charge in [-0.2, -0.15) is 0 Å². The molecule has 23 heteroatoms. The van der Waals surface area contributed by atoms with Gasteiger partial charge in [0.2, 0.25) is 5.91 Å². The first-order chi connectivity index (χ1) is 32.6. The maximum absolute atomic E-state index is 14.8. The van der Waals surface area contributed by atoms with Gasteiger partial charge in [-0.1, -0.05) is 103 Å².